The third kappa shape index (κ3) is 5.60. The number of allylic oxidation sites excluding steroid dienone is 4. The summed E-state index contributed by atoms with van der Waals surface area (Å²) in [6.45, 7) is 0. The van der Waals surface area contributed by atoms with Crippen molar-refractivity contribution in [3.8, 4) is 51.0 Å². The lowest BCUT2D eigenvalue weighted by atomic mass is 9.92. The summed E-state index contributed by atoms with van der Waals surface area (Å²) in [4.78, 5) is 20.5. The molecule has 0 unspecified atom stereocenters. The third-order valence-corrected chi connectivity index (χ3v) is 10.1. The second-order valence-electron chi connectivity index (χ2n) is 13.4. The summed E-state index contributed by atoms with van der Waals surface area (Å²) in [5, 5.41) is 4.54. The molecule has 0 aliphatic heterocycles. The second kappa shape index (κ2) is 13.0. The molecule has 0 spiro atoms. The highest BCUT2D eigenvalue weighted by molar-refractivity contribution is 6.04. The quantitative estimate of drug-likeness (QED) is 0.175. The second-order valence-corrected chi connectivity index (χ2v) is 13.4. The lowest BCUT2D eigenvalue weighted by Gasteiger charge is -2.16. The van der Waals surface area contributed by atoms with E-state index in [0.29, 0.717) is 11.6 Å². The Morgan fingerprint density at radius 3 is 2.00 bits per heavy atom. The van der Waals surface area contributed by atoms with Crippen molar-refractivity contribution in [2.45, 2.75) is 12.8 Å². The molecule has 2 aromatic heterocycles. The number of imidazole rings is 1. The highest BCUT2D eigenvalue weighted by Crippen LogP contribution is 2.40. The van der Waals surface area contributed by atoms with Gasteiger partial charge in [0.1, 0.15) is 5.82 Å². The van der Waals surface area contributed by atoms with Gasteiger partial charge in [0.15, 0.2) is 17.5 Å². The van der Waals surface area contributed by atoms with Gasteiger partial charge < -0.3 is 0 Å². The number of rotatable bonds is 6. The van der Waals surface area contributed by atoms with E-state index in [1.807, 2.05) is 30.3 Å². The minimum absolute atomic E-state index is 0.673. The molecule has 0 N–H and O–H groups in total. The van der Waals surface area contributed by atoms with Crippen LogP contribution in [0.15, 0.2) is 176 Å². The van der Waals surface area contributed by atoms with Crippen LogP contribution in [-0.2, 0) is 0 Å². The van der Waals surface area contributed by atoms with Crippen LogP contribution in [0.5, 0.6) is 0 Å². The first-order chi connectivity index (χ1) is 26.3. The van der Waals surface area contributed by atoms with Crippen LogP contribution in [0.1, 0.15) is 18.7 Å². The molecule has 5 heteroatoms. The molecular formula is C48H33N5. The Labute approximate surface area is 307 Å². The summed E-state index contributed by atoms with van der Waals surface area (Å²) in [5.41, 5.74) is 9.48. The van der Waals surface area contributed by atoms with E-state index < -0.39 is 0 Å². The predicted octanol–water partition coefficient (Wildman–Crippen LogP) is 11.9. The summed E-state index contributed by atoms with van der Waals surface area (Å²) in [6.07, 6.45) is 8.29. The Hall–Kier alpha value is -6.98. The fraction of sp³-hybridized carbons (Fsp3) is 0.0417. The van der Waals surface area contributed by atoms with Gasteiger partial charge in [0.25, 0.3) is 0 Å². The number of para-hydroxylation sites is 3. The SMILES string of the molecule is C1=CCCC(c2nc(-c3ccccc3)nc(-c3c(-c4ccc5cc(-c6nc7ccccc7n6-c6ccccc6)ccc5c4)ccc4ccccc34)n2)=C1. The number of hydrogen-bond donors (Lipinski definition) is 0. The van der Waals surface area contributed by atoms with Gasteiger partial charge in [-0.3, -0.25) is 4.57 Å². The largest absolute Gasteiger partial charge is 0.292 e. The molecule has 9 aromatic rings. The number of nitrogens with zero attached hydrogens (tertiary/aromatic N) is 5. The lowest BCUT2D eigenvalue weighted by molar-refractivity contribution is 0.979. The molecule has 1 aliphatic rings. The molecule has 0 amide bonds. The molecule has 0 bridgehead atoms. The maximum Gasteiger partial charge on any atom is 0.165 e. The van der Waals surface area contributed by atoms with Crippen molar-refractivity contribution in [3.63, 3.8) is 0 Å². The minimum atomic E-state index is 0.673. The van der Waals surface area contributed by atoms with Crippen LogP contribution in [0.3, 0.4) is 0 Å². The highest BCUT2D eigenvalue weighted by Gasteiger charge is 2.20. The van der Waals surface area contributed by atoms with Gasteiger partial charge >= 0.3 is 0 Å². The monoisotopic (exact) mass is 679 g/mol. The van der Waals surface area contributed by atoms with Crippen LogP contribution >= 0.6 is 0 Å². The fourth-order valence-corrected chi connectivity index (χ4v) is 7.50. The van der Waals surface area contributed by atoms with Crippen molar-refractivity contribution in [2.24, 2.45) is 0 Å². The molecule has 250 valence electrons. The molecule has 7 aromatic carbocycles. The van der Waals surface area contributed by atoms with Crippen LogP contribution in [0.25, 0.3) is 89.1 Å². The van der Waals surface area contributed by atoms with Crippen LogP contribution in [0, 0.1) is 0 Å². The van der Waals surface area contributed by atoms with Crippen molar-refractivity contribution in [1.82, 2.24) is 24.5 Å². The van der Waals surface area contributed by atoms with Crippen LogP contribution in [-0.4, -0.2) is 24.5 Å². The maximum atomic E-state index is 5.21. The Balaban J connectivity index is 1.13. The van der Waals surface area contributed by atoms with Crippen LogP contribution in [0.4, 0.5) is 0 Å². The standard InChI is InChI=1S/C48H33N5/c1-4-15-33(16-5-1)45-50-46(34-17-6-2-7-18-34)52-47(51-45)44-40-21-11-10-14-32(40)28-29-41(44)37-26-24-36-31-38(27-25-35(36)30-37)48-49-42-22-12-13-23-43(42)53(48)39-19-8-3-9-20-39/h1-6,8-17,19-31H,7,18H2. The van der Waals surface area contributed by atoms with Crippen molar-refractivity contribution in [3.05, 3.63) is 182 Å². The average Bonchev–Trinajstić information content (AvgIpc) is 3.63. The first-order valence-electron chi connectivity index (χ1n) is 18.0. The smallest absolute Gasteiger partial charge is 0.165 e. The topological polar surface area (TPSA) is 56.5 Å². The summed E-state index contributed by atoms with van der Waals surface area (Å²) < 4.78 is 2.25. The molecule has 5 nitrogen and oxygen atoms in total. The Morgan fingerprint density at radius 2 is 1.17 bits per heavy atom. The first-order valence-corrected chi connectivity index (χ1v) is 18.0. The summed E-state index contributed by atoms with van der Waals surface area (Å²) in [5.74, 6) is 2.99. The lowest BCUT2D eigenvalue weighted by Crippen LogP contribution is -2.04. The normalized spacial score (nSPS) is 12.8. The summed E-state index contributed by atoms with van der Waals surface area (Å²) in [6, 6.07) is 55.3. The molecule has 0 atom stereocenters. The van der Waals surface area contributed by atoms with Gasteiger partial charge in [-0.2, -0.15) is 0 Å². The van der Waals surface area contributed by atoms with E-state index in [1.165, 1.54) is 0 Å². The molecule has 53 heavy (non-hydrogen) atoms. The summed E-state index contributed by atoms with van der Waals surface area (Å²) >= 11 is 0. The maximum absolute atomic E-state index is 5.21. The van der Waals surface area contributed by atoms with E-state index >= 15 is 0 Å². The zero-order valence-electron chi connectivity index (χ0n) is 28.9. The van der Waals surface area contributed by atoms with E-state index in [9.17, 15) is 0 Å². The Kier molecular flexibility index (Phi) is 7.54. The van der Waals surface area contributed by atoms with Gasteiger partial charge in [-0.25, -0.2) is 19.9 Å². The number of benzene rings is 7. The van der Waals surface area contributed by atoms with Crippen molar-refractivity contribution in [1.29, 1.82) is 0 Å². The number of fused-ring (bicyclic) bond motifs is 3. The molecule has 10 rings (SSSR count). The third-order valence-electron chi connectivity index (χ3n) is 10.1. The highest BCUT2D eigenvalue weighted by atomic mass is 15.1. The number of hydrogen-bond acceptors (Lipinski definition) is 4. The van der Waals surface area contributed by atoms with Crippen LogP contribution in [0.2, 0.25) is 0 Å². The molecule has 0 saturated carbocycles. The average molecular weight is 680 g/mol. The predicted molar refractivity (Wildman–Crippen MR) is 218 cm³/mol. The number of aromatic nitrogens is 5. The van der Waals surface area contributed by atoms with Crippen molar-refractivity contribution in [2.75, 3.05) is 0 Å². The zero-order chi connectivity index (χ0) is 35.1. The van der Waals surface area contributed by atoms with E-state index in [1.54, 1.807) is 0 Å². The minimum Gasteiger partial charge on any atom is -0.292 e. The van der Waals surface area contributed by atoms with Gasteiger partial charge in [-0.1, -0.05) is 140 Å². The van der Waals surface area contributed by atoms with E-state index in [0.717, 1.165) is 96.1 Å². The fourth-order valence-electron chi connectivity index (χ4n) is 7.50. The van der Waals surface area contributed by atoms with Gasteiger partial charge in [0, 0.05) is 22.4 Å². The van der Waals surface area contributed by atoms with Crippen LogP contribution < -0.4 is 0 Å². The van der Waals surface area contributed by atoms with E-state index in [4.69, 9.17) is 19.9 Å². The van der Waals surface area contributed by atoms with E-state index in [-0.39, 0.29) is 0 Å². The molecule has 0 saturated heterocycles. The molecule has 2 heterocycles. The molecule has 0 fully saturated rings. The van der Waals surface area contributed by atoms with Gasteiger partial charge in [0.2, 0.25) is 0 Å². The first kappa shape index (κ1) is 30.8. The molecular weight excluding hydrogens is 647 g/mol. The Morgan fingerprint density at radius 1 is 0.491 bits per heavy atom. The van der Waals surface area contributed by atoms with Gasteiger partial charge in [-0.05, 0) is 87.5 Å². The van der Waals surface area contributed by atoms with Crippen molar-refractivity contribution < 1.29 is 0 Å². The van der Waals surface area contributed by atoms with E-state index in [2.05, 4.69) is 150 Å². The molecule has 1 aliphatic carbocycles. The van der Waals surface area contributed by atoms with Crippen molar-refractivity contribution >= 4 is 38.2 Å². The molecule has 0 radical (unpaired) electrons. The van der Waals surface area contributed by atoms with Gasteiger partial charge in [-0.15, -0.1) is 0 Å². The summed E-state index contributed by atoms with van der Waals surface area (Å²) in [7, 11) is 0. The Bertz CT molecular complexity index is 2890. The zero-order valence-corrected chi connectivity index (χ0v) is 28.9. The van der Waals surface area contributed by atoms with Gasteiger partial charge in [0.05, 0.1) is 11.0 Å².